The van der Waals surface area contributed by atoms with Gasteiger partial charge < -0.3 is 10.9 Å². The molecule has 1 amide bonds. The van der Waals surface area contributed by atoms with Gasteiger partial charge >= 0.3 is 0 Å². The van der Waals surface area contributed by atoms with Crippen molar-refractivity contribution in [3.8, 4) is 11.1 Å². The lowest BCUT2D eigenvalue weighted by molar-refractivity contribution is -0.169. The molecule has 0 aromatic heterocycles. The van der Waals surface area contributed by atoms with Crippen molar-refractivity contribution < 1.29 is 14.8 Å². The maximum absolute atomic E-state index is 13.1. The minimum absolute atomic E-state index is 0.0445. The van der Waals surface area contributed by atoms with Crippen LogP contribution in [0.25, 0.3) is 11.1 Å². The van der Waals surface area contributed by atoms with Gasteiger partial charge in [-0.05, 0) is 41.9 Å². The highest BCUT2D eigenvalue weighted by Crippen LogP contribution is 2.54. The van der Waals surface area contributed by atoms with Crippen LogP contribution in [-0.4, -0.2) is 34.5 Å². The fourth-order valence-electron chi connectivity index (χ4n) is 4.06. The predicted molar refractivity (Wildman–Crippen MR) is 97.5 cm³/mol. The van der Waals surface area contributed by atoms with Crippen molar-refractivity contribution in [2.75, 3.05) is 6.54 Å². The van der Waals surface area contributed by atoms with Crippen LogP contribution in [0.4, 0.5) is 0 Å². The molecule has 0 radical (unpaired) electrons. The molecule has 134 valence electrons. The van der Waals surface area contributed by atoms with Gasteiger partial charge in [-0.15, -0.1) is 0 Å². The lowest BCUT2D eigenvalue weighted by Crippen LogP contribution is -2.55. The molecule has 2 atom stereocenters. The summed E-state index contributed by atoms with van der Waals surface area (Å²) in [6.07, 6.45) is 2.52. The van der Waals surface area contributed by atoms with E-state index in [1.807, 2.05) is 48.5 Å². The van der Waals surface area contributed by atoms with Gasteiger partial charge in [-0.1, -0.05) is 48.5 Å². The number of hydroxylamine groups is 2. The number of amides is 1. The molecule has 2 aromatic carbocycles. The minimum Gasteiger partial charge on any atom is -0.369 e. The van der Waals surface area contributed by atoms with E-state index in [-0.39, 0.29) is 11.2 Å². The van der Waals surface area contributed by atoms with Crippen molar-refractivity contribution in [2.24, 2.45) is 17.1 Å². The summed E-state index contributed by atoms with van der Waals surface area (Å²) >= 11 is 0. The van der Waals surface area contributed by atoms with E-state index in [4.69, 9.17) is 5.73 Å². The van der Waals surface area contributed by atoms with E-state index in [1.165, 1.54) is 0 Å². The van der Waals surface area contributed by atoms with Crippen molar-refractivity contribution in [2.45, 2.75) is 25.3 Å². The maximum Gasteiger partial charge on any atom is 0.222 e. The van der Waals surface area contributed by atoms with Crippen molar-refractivity contribution in [1.29, 1.82) is 0 Å². The first-order valence-corrected chi connectivity index (χ1v) is 8.94. The second-order valence-electron chi connectivity index (χ2n) is 7.57. The van der Waals surface area contributed by atoms with E-state index >= 15 is 0 Å². The van der Waals surface area contributed by atoms with Gasteiger partial charge in [0.2, 0.25) is 5.91 Å². The Morgan fingerprint density at radius 3 is 2.38 bits per heavy atom. The third-order valence-corrected chi connectivity index (χ3v) is 5.70. The van der Waals surface area contributed by atoms with E-state index in [9.17, 15) is 14.8 Å². The van der Waals surface area contributed by atoms with Crippen molar-refractivity contribution >= 4 is 11.7 Å². The number of nitrogens with zero attached hydrogens (tertiary/aromatic N) is 1. The van der Waals surface area contributed by atoms with Gasteiger partial charge in [0.15, 0.2) is 5.78 Å². The van der Waals surface area contributed by atoms with Crippen LogP contribution in [0.15, 0.2) is 54.6 Å². The average Bonchev–Trinajstić information content (AvgIpc) is 3.40. The average molecular weight is 350 g/mol. The van der Waals surface area contributed by atoms with Crippen LogP contribution in [0.1, 0.15) is 29.6 Å². The fraction of sp³-hybridized carbons (Fsp3) is 0.333. The normalized spacial score (nSPS) is 24.3. The van der Waals surface area contributed by atoms with Gasteiger partial charge in [0.1, 0.15) is 6.04 Å². The molecule has 2 aliphatic rings. The summed E-state index contributed by atoms with van der Waals surface area (Å²) in [6, 6.07) is 16.2. The van der Waals surface area contributed by atoms with Gasteiger partial charge in [-0.25, -0.2) is 0 Å². The molecule has 1 saturated heterocycles. The first-order chi connectivity index (χ1) is 12.5. The Hall–Kier alpha value is -2.50. The molecule has 5 heteroatoms. The van der Waals surface area contributed by atoms with Crippen LogP contribution in [-0.2, 0) is 4.79 Å². The van der Waals surface area contributed by atoms with Crippen LogP contribution in [0, 0.1) is 11.3 Å². The van der Waals surface area contributed by atoms with Crippen molar-refractivity contribution in [3.05, 3.63) is 60.2 Å². The smallest absolute Gasteiger partial charge is 0.222 e. The number of hydrogen-bond donors (Lipinski definition) is 2. The van der Waals surface area contributed by atoms with E-state index in [0.717, 1.165) is 29.0 Å². The SMILES string of the molecule is NC(=O)C1CC2(CC2)CN(O)C1C(=O)c1cccc(-c2ccccc2)c1. The van der Waals surface area contributed by atoms with Crippen LogP contribution >= 0.6 is 0 Å². The molecule has 1 saturated carbocycles. The molecule has 26 heavy (non-hydrogen) atoms. The number of primary amides is 1. The standard InChI is InChI=1S/C21H22N2O3/c22-20(25)17-12-21(9-10-21)13-23(26)18(17)19(24)16-8-4-7-15(11-16)14-5-2-1-3-6-14/h1-8,11,17-18,26H,9-10,12-13H2,(H2,22,25). The summed E-state index contributed by atoms with van der Waals surface area (Å²) < 4.78 is 0. The number of ketones is 1. The van der Waals surface area contributed by atoms with Crippen LogP contribution in [0.3, 0.4) is 0 Å². The summed E-state index contributed by atoms with van der Waals surface area (Å²) in [5, 5.41) is 11.5. The van der Waals surface area contributed by atoms with E-state index in [1.54, 1.807) is 6.07 Å². The van der Waals surface area contributed by atoms with Gasteiger partial charge in [0.05, 0.1) is 5.92 Å². The molecule has 5 nitrogen and oxygen atoms in total. The molecule has 1 aliphatic heterocycles. The minimum atomic E-state index is -0.912. The number of Topliss-reactive ketones (excluding diaryl/α,β-unsaturated/α-hetero) is 1. The summed E-state index contributed by atoms with van der Waals surface area (Å²) in [6.45, 7) is 0.422. The van der Waals surface area contributed by atoms with Gasteiger partial charge in [-0.2, -0.15) is 5.06 Å². The number of benzene rings is 2. The Bertz CT molecular complexity index is 845. The highest BCUT2D eigenvalue weighted by atomic mass is 16.5. The number of hydrogen-bond acceptors (Lipinski definition) is 4. The molecular formula is C21H22N2O3. The molecule has 4 rings (SSSR count). The number of nitrogens with two attached hydrogens (primary N) is 1. The van der Waals surface area contributed by atoms with E-state index in [0.29, 0.717) is 18.5 Å². The number of rotatable bonds is 4. The molecular weight excluding hydrogens is 328 g/mol. The number of piperidine rings is 1. The largest absolute Gasteiger partial charge is 0.369 e. The van der Waals surface area contributed by atoms with Gasteiger partial charge in [0.25, 0.3) is 0 Å². The molecule has 0 bridgehead atoms. The number of carbonyl (C=O) groups excluding carboxylic acids is 2. The van der Waals surface area contributed by atoms with Crippen LogP contribution in [0.5, 0.6) is 0 Å². The quantitative estimate of drug-likeness (QED) is 0.831. The second-order valence-corrected chi connectivity index (χ2v) is 7.57. The lowest BCUT2D eigenvalue weighted by Gasteiger charge is -2.39. The Kier molecular flexibility index (Phi) is 4.13. The maximum atomic E-state index is 13.1. The first-order valence-electron chi connectivity index (χ1n) is 8.94. The number of carbonyl (C=O) groups is 2. The molecule has 1 aliphatic carbocycles. The zero-order valence-electron chi connectivity index (χ0n) is 14.5. The first kappa shape index (κ1) is 16.9. The summed E-state index contributed by atoms with van der Waals surface area (Å²) in [5.41, 5.74) is 7.94. The summed E-state index contributed by atoms with van der Waals surface area (Å²) in [5.74, 6) is -1.44. The molecule has 1 spiro atoms. The highest BCUT2D eigenvalue weighted by Gasteiger charge is 2.55. The lowest BCUT2D eigenvalue weighted by atomic mass is 9.78. The Morgan fingerprint density at radius 1 is 1.04 bits per heavy atom. The molecule has 2 aromatic rings. The van der Waals surface area contributed by atoms with E-state index < -0.39 is 17.9 Å². The van der Waals surface area contributed by atoms with Crippen LogP contribution in [0.2, 0.25) is 0 Å². The van der Waals surface area contributed by atoms with Crippen LogP contribution < -0.4 is 5.73 Å². The zero-order chi connectivity index (χ0) is 18.3. The predicted octanol–water partition coefficient (Wildman–Crippen LogP) is 2.88. The highest BCUT2D eigenvalue weighted by molar-refractivity contribution is 6.03. The molecule has 2 unspecified atom stereocenters. The summed E-state index contributed by atoms with van der Waals surface area (Å²) in [7, 11) is 0. The van der Waals surface area contributed by atoms with Gasteiger partial charge in [-0.3, -0.25) is 9.59 Å². The second kappa shape index (κ2) is 6.34. The summed E-state index contributed by atoms with van der Waals surface area (Å²) in [4.78, 5) is 25.1. The Balaban J connectivity index is 1.65. The van der Waals surface area contributed by atoms with E-state index in [2.05, 4.69) is 0 Å². The molecule has 1 heterocycles. The fourth-order valence-corrected chi connectivity index (χ4v) is 4.06. The molecule has 3 N–H and O–H groups in total. The van der Waals surface area contributed by atoms with Gasteiger partial charge in [0, 0.05) is 12.1 Å². The third kappa shape index (κ3) is 3.04. The van der Waals surface area contributed by atoms with Crippen molar-refractivity contribution in [1.82, 2.24) is 5.06 Å². The molecule has 2 fully saturated rings. The monoisotopic (exact) mass is 350 g/mol. The Morgan fingerprint density at radius 2 is 1.73 bits per heavy atom. The van der Waals surface area contributed by atoms with Crippen molar-refractivity contribution in [3.63, 3.8) is 0 Å². The third-order valence-electron chi connectivity index (χ3n) is 5.70. The zero-order valence-corrected chi connectivity index (χ0v) is 14.5. The topological polar surface area (TPSA) is 83.6 Å². The Labute approximate surface area is 152 Å².